The number of rotatable bonds is 5. The average Bonchev–Trinajstić information content (AvgIpc) is 3.03. The van der Waals surface area contributed by atoms with Crippen LogP contribution in [0.5, 0.6) is 5.75 Å². The van der Waals surface area contributed by atoms with Gasteiger partial charge in [0, 0.05) is 32.1 Å². The number of fused-ring (bicyclic) bond motifs is 1. The molecule has 1 atom stereocenters. The number of nitrogens with one attached hydrogen (secondary N) is 1. The van der Waals surface area contributed by atoms with Gasteiger partial charge in [0.05, 0.1) is 4.90 Å². The van der Waals surface area contributed by atoms with Gasteiger partial charge in [0.25, 0.3) is 5.91 Å². The van der Waals surface area contributed by atoms with Crippen LogP contribution >= 0.6 is 11.6 Å². The van der Waals surface area contributed by atoms with Crippen LogP contribution in [-0.4, -0.2) is 38.8 Å². The highest BCUT2D eigenvalue weighted by Gasteiger charge is 2.29. The Kier molecular flexibility index (Phi) is 5.22. The normalized spacial score (nSPS) is 16.2. The van der Waals surface area contributed by atoms with Crippen LogP contribution in [0.4, 0.5) is 0 Å². The number of carbonyl (C=O) groups excluding carboxylic acids is 1. The molecule has 0 bridgehead atoms. The fourth-order valence-electron chi connectivity index (χ4n) is 2.76. The molecule has 1 aliphatic rings. The summed E-state index contributed by atoms with van der Waals surface area (Å²) < 4.78 is 31.6. The Morgan fingerprint density at radius 2 is 2.00 bits per heavy atom. The third-order valence-corrected chi connectivity index (χ3v) is 6.32. The number of benzene rings is 2. The van der Waals surface area contributed by atoms with Gasteiger partial charge < -0.3 is 10.1 Å². The molecule has 0 fully saturated rings. The summed E-state index contributed by atoms with van der Waals surface area (Å²) in [5.41, 5.74) is 1.40. The number of ether oxygens (including phenoxy) is 1. The smallest absolute Gasteiger partial charge is 0.261 e. The van der Waals surface area contributed by atoms with Gasteiger partial charge in [-0.3, -0.25) is 4.79 Å². The van der Waals surface area contributed by atoms with E-state index in [2.05, 4.69) is 5.32 Å². The fraction of sp³-hybridized carbons (Fsp3) is 0.278. The van der Waals surface area contributed by atoms with Gasteiger partial charge in [-0.2, -0.15) is 0 Å². The first-order chi connectivity index (χ1) is 12.3. The summed E-state index contributed by atoms with van der Waals surface area (Å²) in [5, 5.41) is 3.36. The van der Waals surface area contributed by atoms with Crippen molar-refractivity contribution >= 4 is 27.5 Å². The first-order valence-corrected chi connectivity index (χ1v) is 9.84. The van der Waals surface area contributed by atoms with E-state index in [0.717, 1.165) is 9.87 Å². The molecule has 0 saturated heterocycles. The standard InChI is InChI=1S/C18H19ClN2O4S/c1-21(2)26(23,24)17-6-4-3-5-12(17)11-20-18(22)16-10-13-9-14(19)7-8-15(13)25-16/h3-9,16H,10-11H2,1-2H3,(H,20,22)/t16-/m1/s1. The number of carbonyl (C=O) groups is 1. The summed E-state index contributed by atoms with van der Waals surface area (Å²) in [6.07, 6.45) is -0.222. The van der Waals surface area contributed by atoms with Crippen LogP contribution in [0.2, 0.25) is 5.02 Å². The van der Waals surface area contributed by atoms with Crippen LogP contribution in [0.15, 0.2) is 47.4 Å². The van der Waals surface area contributed by atoms with Gasteiger partial charge in [0.15, 0.2) is 6.10 Å². The summed E-state index contributed by atoms with van der Waals surface area (Å²) in [5.74, 6) is 0.347. The summed E-state index contributed by atoms with van der Waals surface area (Å²) in [6, 6.07) is 11.8. The summed E-state index contributed by atoms with van der Waals surface area (Å²) in [4.78, 5) is 12.6. The average molecular weight is 395 g/mol. The molecule has 0 aliphatic carbocycles. The molecular formula is C18H19ClN2O4S. The van der Waals surface area contributed by atoms with Crippen molar-refractivity contribution in [1.29, 1.82) is 0 Å². The predicted molar refractivity (Wildman–Crippen MR) is 98.7 cm³/mol. The highest BCUT2D eigenvalue weighted by Crippen LogP contribution is 2.31. The second-order valence-corrected chi connectivity index (χ2v) is 8.73. The second-order valence-electron chi connectivity index (χ2n) is 6.18. The Morgan fingerprint density at radius 1 is 1.27 bits per heavy atom. The van der Waals surface area contributed by atoms with Crippen LogP contribution in [0, 0.1) is 0 Å². The predicted octanol–water partition coefficient (Wildman–Crippen LogP) is 2.21. The summed E-state index contributed by atoms with van der Waals surface area (Å²) >= 11 is 5.96. The van der Waals surface area contributed by atoms with E-state index in [9.17, 15) is 13.2 Å². The van der Waals surface area contributed by atoms with Crippen molar-refractivity contribution in [2.24, 2.45) is 0 Å². The van der Waals surface area contributed by atoms with Gasteiger partial charge in [-0.1, -0.05) is 29.8 Å². The van der Waals surface area contributed by atoms with Crippen molar-refractivity contribution in [2.45, 2.75) is 24.0 Å². The Balaban J connectivity index is 1.70. The van der Waals surface area contributed by atoms with E-state index >= 15 is 0 Å². The number of amides is 1. The number of halogens is 1. The van der Waals surface area contributed by atoms with Crippen LogP contribution in [0.25, 0.3) is 0 Å². The highest BCUT2D eigenvalue weighted by atomic mass is 35.5. The Morgan fingerprint density at radius 3 is 2.73 bits per heavy atom. The maximum Gasteiger partial charge on any atom is 0.261 e. The molecule has 138 valence electrons. The Bertz CT molecular complexity index is 944. The zero-order chi connectivity index (χ0) is 18.9. The molecule has 0 spiro atoms. The minimum Gasteiger partial charge on any atom is -0.480 e. The van der Waals surface area contributed by atoms with Gasteiger partial charge in [0.2, 0.25) is 10.0 Å². The largest absolute Gasteiger partial charge is 0.480 e. The quantitative estimate of drug-likeness (QED) is 0.843. The first-order valence-electron chi connectivity index (χ1n) is 8.02. The number of hydrogen-bond acceptors (Lipinski definition) is 4. The van der Waals surface area contributed by atoms with Gasteiger partial charge >= 0.3 is 0 Å². The molecule has 1 N–H and O–H groups in total. The zero-order valence-electron chi connectivity index (χ0n) is 14.4. The van der Waals surface area contributed by atoms with Crippen LogP contribution < -0.4 is 10.1 Å². The van der Waals surface area contributed by atoms with Crippen molar-refractivity contribution < 1.29 is 17.9 Å². The van der Waals surface area contributed by atoms with Crippen molar-refractivity contribution in [1.82, 2.24) is 9.62 Å². The van der Waals surface area contributed by atoms with E-state index in [-0.39, 0.29) is 17.3 Å². The van der Waals surface area contributed by atoms with E-state index in [1.54, 1.807) is 36.4 Å². The minimum atomic E-state index is -3.59. The van der Waals surface area contributed by atoms with E-state index < -0.39 is 16.1 Å². The van der Waals surface area contributed by atoms with E-state index in [0.29, 0.717) is 22.8 Å². The molecule has 1 aliphatic heterocycles. The van der Waals surface area contributed by atoms with Gasteiger partial charge in [-0.15, -0.1) is 0 Å². The van der Waals surface area contributed by atoms with Gasteiger partial charge in [-0.25, -0.2) is 12.7 Å². The lowest BCUT2D eigenvalue weighted by Gasteiger charge is -2.16. The molecule has 0 aromatic heterocycles. The molecule has 26 heavy (non-hydrogen) atoms. The van der Waals surface area contributed by atoms with E-state index in [1.165, 1.54) is 20.2 Å². The number of sulfonamides is 1. The lowest BCUT2D eigenvalue weighted by atomic mass is 10.1. The number of hydrogen-bond donors (Lipinski definition) is 1. The molecule has 0 radical (unpaired) electrons. The molecule has 2 aromatic rings. The minimum absolute atomic E-state index is 0.0963. The molecule has 0 saturated carbocycles. The summed E-state index contributed by atoms with van der Waals surface area (Å²) in [6.45, 7) is 0.0963. The van der Waals surface area contributed by atoms with Crippen molar-refractivity contribution in [2.75, 3.05) is 14.1 Å². The summed E-state index contributed by atoms with van der Waals surface area (Å²) in [7, 11) is -0.644. The zero-order valence-corrected chi connectivity index (χ0v) is 16.0. The van der Waals surface area contributed by atoms with E-state index in [1.807, 2.05) is 0 Å². The van der Waals surface area contributed by atoms with Crippen LogP contribution in [0.3, 0.4) is 0 Å². The molecular weight excluding hydrogens is 376 g/mol. The Hall–Kier alpha value is -2.09. The van der Waals surface area contributed by atoms with Crippen LogP contribution in [0.1, 0.15) is 11.1 Å². The topological polar surface area (TPSA) is 75.7 Å². The molecule has 1 heterocycles. The van der Waals surface area contributed by atoms with Crippen molar-refractivity contribution in [3.8, 4) is 5.75 Å². The first kappa shape index (κ1) is 18.7. The van der Waals surface area contributed by atoms with Crippen LogP contribution in [-0.2, 0) is 27.8 Å². The highest BCUT2D eigenvalue weighted by molar-refractivity contribution is 7.89. The maximum absolute atomic E-state index is 12.4. The lowest BCUT2D eigenvalue weighted by molar-refractivity contribution is -0.127. The van der Waals surface area contributed by atoms with Gasteiger partial charge in [0.1, 0.15) is 5.75 Å². The molecule has 2 aromatic carbocycles. The molecule has 3 rings (SSSR count). The van der Waals surface area contributed by atoms with Crippen molar-refractivity contribution in [3.63, 3.8) is 0 Å². The van der Waals surface area contributed by atoms with E-state index in [4.69, 9.17) is 16.3 Å². The third kappa shape index (κ3) is 3.70. The molecule has 8 heteroatoms. The van der Waals surface area contributed by atoms with Crippen molar-refractivity contribution in [3.05, 3.63) is 58.6 Å². The third-order valence-electron chi connectivity index (χ3n) is 4.17. The van der Waals surface area contributed by atoms with Gasteiger partial charge in [-0.05, 0) is 35.4 Å². The molecule has 0 unspecified atom stereocenters. The molecule has 1 amide bonds. The molecule has 6 nitrogen and oxygen atoms in total. The SMILES string of the molecule is CN(C)S(=O)(=O)c1ccccc1CNC(=O)[C@H]1Cc2cc(Cl)ccc2O1. The fourth-order valence-corrected chi connectivity index (χ4v) is 4.07. The number of nitrogens with zero attached hydrogens (tertiary/aromatic N) is 1. The second kappa shape index (κ2) is 7.26. The maximum atomic E-state index is 12.4. The Labute approximate surface area is 157 Å². The monoisotopic (exact) mass is 394 g/mol. The lowest BCUT2D eigenvalue weighted by Crippen LogP contribution is -2.37.